The average molecular weight is 548 g/mol. The number of rotatable bonds is 2. The van der Waals surface area contributed by atoms with Crippen LogP contribution in [0.3, 0.4) is 0 Å². The number of piperazine rings is 1. The molecule has 8 nitrogen and oxygen atoms in total. The number of aliphatic hydroxyl groups excluding tert-OH is 1. The van der Waals surface area contributed by atoms with Crippen molar-refractivity contribution in [2.24, 2.45) is 0 Å². The lowest BCUT2D eigenvalue weighted by Crippen LogP contribution is -2.63. The van der Waals surface area contributed by atoms with E-state index in [9.17, 15) is 14.7 Å². The van der Waals surface area contributed by atoms with Gasteiger partial charge in [0.2, 0.25) is 5.91 Å². The summed E-state index contributed by atoms with van der Waals surface area (Å²) >= 11 is 0. The van der Waals surface area contributed by atoms with Crippen LogP contribution in [-0.4, -0.2) is 89.9 Å². The van der Waals surface area contributed by atoms with E-state index >= 15 is 0 Å². The summed E-state index contributed by atoms with van der Waals surface area (Å²) in [5.41, 5.74) is 2.51. The van der Waals surface area contributed by atoms with Crippen molar-refractivity contribution in [1.29, 1.82) is 0 Å². The van der Waals surface area contributed by atoms with Crippen LogP contribution in [0, 0.1) is 0 Å². The Balaban J connectivity index is 1.33. The predicted octanol–water partition coefficient (Wildman–Crippen LogP) is 3.62. The molecule has 214 valence electrons. The highest BCUT2D eigenvalue weighted by Gasteiger charge is 2.40. The van der Waals surface area contributed by atoms with Crippen LogP contribution in [-0.2, 0) is 9.53 Å². The number of carbonyl (C=O) groups excluding carboxylic acids is 2. The summed E-state index contributed by atoms with van der Waals surface area (Å²) in [5, 5.41) is 13.6. The fraction of sp³-hybridized carbons (Fsp3) is 0.562. The van der Waals surface area contributed by atoms with Gasteiger partial charge < -0.3 is 24.8 Å². The van der Waals surface area contributed by atoms with Crippen molar-refractivity contribution in [2.45, 2.75) is 81.8 Å². The van der Waals surface area contributed by atoms with Crippen LogP contribution in [0.2, 0.25) is 0 Å². The minimum Gasteiger partial charge on any atom is -0.493 e. The number of nitrogens with zero attached hydrogens (tertiary/aromatic N) is 2. The Bertz CT molecular complexity index is 1180. The van der Waals surface area contributed by atoms with Gasteiger partial charge in [0.1, 0.15) is 17.9 Å². The number of carbonyl (C=O) groups is 2. The molecule has 3 fully saturated rings. The number of aliphatic hydroxyl groups is 1. The van der Waals surface area contributed by atoms with E-state index in [0.717, 1.165) is 36.9 Å². The lowest BCUT2D eigenvalue weighted by molar-refractivity contribution is -0.135. The molecule has 1 saturated carbocycles. The van der Waals surface area contributed by atoms with Crippen molar-refractivity contribution in [3.63, 3.8) is 0 Å². The lowest BCUT2D eigenvalue weighted by atomic mass is 9.93. The predicted molar refractivity (Wildman–Crippen MR) is 152 cm³/mol. The lowest BCUT2D eigenvalue weighted by Gasteiger charge is -2.45. The molecule has 2 bridgehead atoms. The van der Waals surface area contributed by atoms with Gasteiger partial charge in [-0.05, 0) is 48.9 Å². The zero-order chi connectivity index (χ0) is 27.5. The second kappa shape index (κ2) is 12.3. The Hall–Kier alpha value is -2.94. The summed E-state index contributed by atoms with van der Waals surface area (Å²) in [6, 6.07) is 15.6. The molecule has 2 aromatic carbocycles. The van der Waals surface area contributed by atoms with Gasteiger partial charge in [0.15, 0.2) is 0 Å². The van der Waals surface area contributed by atoms with E-state index in [2.05, 4.69) is 10.2 Å². The van der Waals surface area contributed by atoms with E-state index < -0.39 is 18.2 Å². The first kappa shape index (κ1) is 27.2. The molecule has 40 heavy (non-hydrogen) atoms. The van der Waals surface area contributed by atoms with Gasteiger partial charge in [-0.1, -0.05) is 55.7 Å². The summed E-state index contributed by atoms with van der Waals surface area (Å²) in [7, 11) is 0. The highest BCUT2D eigenvalue weighted by Crippen LogP contribution is 2.32. The van der Waals surface area contributed by atoms with E-state index in [1.54, 1.807) is 4.90 Å². The Kier molecular flexibility index (Phi) is 8.37. The van der Waals surface area contributed by atoms with Crippen LogP contribution in [0.15, 0.2) is 48.5 Å². The first-order valence-electron chi connectivity index (χ1n) is 15.1. The molecule has 8 heteroatoms. The molecule has 1 aliphatic carbocycles. The number of hydrogen-bond donors (Lipinski definition) is 2. The molecule has 2 aromatic rings. The Labute approximate surface area is 236 Å². The van der Waals surface area contributed by atoms with Gasteiger partial charge in [-0.3, -0.25) is 14.5 Å². The maximum absolute atomic E-state index is 14.1. The zero-order valence-electron chi connectivity index (χ0n) is 23.2. The summed E-state index contributed by atoms with van der Waals surface area (Å²) in [5.74, 6) is 0.170. The maximum Gasteiger partial charge on any atom is 0.258 e. The number of ether oxygens (including phenoxy) is 2. The van der Waals surface area contributed by atoms with Gasteiger partial charge in [-0.2, -0.15) is 0 Å². The largest absolute Gasteiger partial charge is 0.493 e. The summed E-state index contributed by atoms with van der Waals surface area (Å²) in [4.78, 5) is 32.0. The molecule has 0 radical (unpaired) electrons. The second-order valence-electron chi connectivity index (χ2n) is 11.7. The zero-order valence-corrected chi connectivity index (χ0v) is 23.2. The molecule has 2 N–H and O–H groups in total. The Morgan fingerprint density at radius 1 is 0.875 bits per heavy atom. The molecule has 6 rings (SSSR count). The Morgan fingerprint density at radius 3 is 2.52 bits per heavy atom. The first-order valence-corrected chi connectivity index (χ1v) is 15.1. The summed E-state index contributed by atoms with van der Waals surface area (Å²) < 4.78 is 12.5. The number of amides is 2. The van der Waals surface area contributed by atoms with Gasteiger partial charge in [0.05, 0.1) is 24.4 Å². The van der Waals surface area contributed by atoms with Crippen LogP contribution in [0.1, 0.15) is 61.7 Å². The van der Waals surface area contributed by atoms with Gasteiger partial charge in [0.25, 0.3) is 5.91 Å². The average Bonchev–Trinajstić information content (AvgIpc) is 3.01. The molecule has 3 aliphatic heterocycles. The summed E-state index contributed by atoms with van der Waals surface area (Å²) in [6.07, 6.45) is 6.83. The fourth-order valence-corrected chi connectivity index (χ4v) is 6.80. The molecule has 0 unspecified atom stereocenters. The van der Waals surface area contributed by atoms with Crippen molar-refractivity contribution >= 4 is 11.8 Å². The highest BCUT2D eigenvalue weighted by molar-refractivity contribution is 6.00. The molecule has 3 heterocycles. The standard InChI is InChI=1S/C32H41N3O5/c36-28-14-12-25-15-18-39-29-19-23(22-7-3-1-4-8-22)11-13-26(29)32(38)35-17-16-34(24-9-5-2-6-10-24)21-27(35)31(37)33-20-30(28)40-25/h1,3-4,7-8,11,13,19,24-25,27-28,30,36H,2,5-6,9-10,12,14-18,20-21H2,(H,33,37)/t25-,27-,28-,30+/m0/s1. The van der Waals surface area contributed by atoms with E-state index in [4.69, 9.17) is 9.47 Å². The molecule has 0 spiro atoms. The van der Waals surface area contributed by atoms with Crippen LogP contribution < -0.4 is 10.1 Å². The molecule has 2 amide bonds. The number of benzene rings is 2. The SMILES string of the molecule is O=C1NC[C@H]2O[C@H](CCOc3cc(-c4ccccc4)ccc3C(=O)N3CCN(C4CCCCC4)C[C@@H]13)CC[C@@H]2O. The molecular formula is C32H41N3O5. The maximum atomic E-state index is 14.1. The first-order chi connectivity index (χ1) is 19.6. The quantitative estimate of drug-likeness (QED) is 0.597. The third kappa shape index (κ3) is 5.90. The van der Waals surface area contributed by atoms with Crippen LogP contribution in [0.4, 0.5) is 0 Å². The minimum absolute atomic E-state index is 0.0716. The highest BCUT2D eigenvalue weighted by atomic mass is 16.5. The Morgan fingerprint density at radius 2 is 1.70 bits per heavy atom. The van der Waals surface area contributed by atoms with Crippen LogP contribution in [0.5, 0.6) is 5.75 Å². The topological polar surface area (TPSA) is 91.3 Å². The van der Waals surface area contributed by atoms with Gasteiger partial charge in [-0.25, -0.2) is 0 Å². The number of nitrogens with one attached hydrogen (secondary N) is 1. The third-order valence-corrected chi connectivity index (χ3v) is 9.14. The van der Waals surface area contributed by atoms with E-state index in [-0.39, 0.29) is 24.5 Å². The third-order valence-electron chi connectivity index (χ3n) is 9.14. The van der Waals surface area contributed by atoms with Crippen molar-refractivity contribution < 1.29 is 24.2 Å². The van der Waals surface area contributed by atoms with Crippen LogP contribution in [0.25, 0.3) is 11.1 Å². The molecule has 2 saturated heterocycles. The molecular weight excluding hydrogens is 506 g/mol. The molecule has 4 aliphatic rings. The summed E-state index contributed by atoms with van der Waals surface area (Å²) in [6.45, 7) is 2.38. The molecule has 4 atom stereocenters. The monoisotopic (exact) mass is 547 g/mol. The van der Waals surface area contributed by atoms with E-state index in [1.165, 1.54) is 19.3 Å². The van der Waals surface area contributed by atoms with Gasteiger partial charge in [-0.15, -0.1) is 0 Å². The van der Waals surface area contributed by atoms with Crippen molar-refractivity contribution in [3.05, 3.63) is 54.1 Å². The fourth-order valence-electron chi connectivity index (χ4n) is 6.80. The minimum atomic E-state index is -0.623. The molecule has 0 aromatic heterocycles. The number of fused-ring (bicyclic) bond motifs is 4. The van der Waals surface area contributed by atoms with E-state index in [0.29, 0.717) is 49.9 Å². The van der Waals surface area contributed by atoms with Gasteiger partial charge >= 0.3 is 0 Å². The smallest absolute Gasteiger partial charge is 0.258 e. The van der Waals surface area contributed by atoms with Crippen molar-refractivity contribution in [2.75, 3.05) is 32.8 Å². The van der Waals surface area contributed by atoms with Crippen LogP contribution >= 0.6 is 0 Å². The van der Waals surface area contributed by atoms with E-state index in [1.807, 2.05) is 48.5 Å². The van der Waals surface area contributed by atoms with Crippen molar-refractivity contribution in [3.8, 4) is 16.9 Å². The normalized spacial score (nSPS) is 29.0. The second-order valence-corrected chi connectivity index (χ2v) is 11.7. The van der Waals surface area contributed by atoms with Crippen molar-refractivity contribution in [1.82, 2.24) is 15.1 Å². The number of hydrogen-bond acceptors (Lipinski definition) is 6. The van der Waals surface area contributed by atoms with Gasteiger partial charge in [0, 0.05) is 38.6 Å².